The largest absolute Gasteiger partial charge is 0.377 e. The third-order valence-corrected chi connectivity index (χ3v) is 3.72. The lowest BCUT2D eigenvalue weighted by molar-refractivity contribution is 0.0635. The lowest BCUT2D eigenvalue weighted by atomic mass is 10.1. The summed E-state index contributed by atoms with van der Waals surface area (Å²) in [6.45, 7) is 6.25. The molecule has 2 heteroatoms. The summed E-state index contributed by atoms with van der Waals surface area (Å²) in [5.41, 5.74) is 0. The van der Waals surface area contributed by atoms with E-state index >= 15 is 0 Å². The maximum Gasteiger partial charge on any atom is 0.0594 e. The standard InChI is InChI=1S/C13H25NO/c1-3-10(2)15-9-8-14-13(11-4-5-11)12-6-7-12/h10-14H,3-9H2,1-2H3. The van der Waals surface area contributed by atoms with E-state index in [-0.39, 0.29) is 0 Å². The predicted octanol–water partition coefficient (Wildman–Crippen LogP) is 2.58. The van der Waals surface area contributed by atoms with Crippen molar-refractivity contribution in [3.05, 3.63) is 0 Å². The number of hydrogen-bond donors (Lipinski definition) is 1. The van der Waals surface area contributed by atoms with Crippen LogP contribution < -0.4 is 5.32 Å². The number of ether oxygens (including phenoxy) is 1. The van der Waals surface area contributed by atoms with Crippen LogP contribution in [0, 0.1) is 11.8 Å². The monoisotopic (exact) mass is 211 g/mol. The summed E-state index contributed by atoms with van der Waals surface area (Å²) in [4.78, 5) is 0. The lowest BCUT2D eigenvalue weighted by Gasteiger charge is -2.18. The second-order valence-electron chi connectivity index (χ2n) is 5.24. The van der Waals surface area contributed by atoms with E-state index in [0.29, 0.717) is 6.10 Å². The third kappa shape index (κ3) is 3.76. The molecular weight excluding hydrogens is 186 g/mol. The summed E-state index contributed by atoms with van der Waals surface area (Å²) in [7, 11) is 0. The molecule has 0 heterocycles. The molecule has 0 radical (unpaired) electrons. The summed E-state index contributed by atoms with van der Waals surface area (Å²) in [6, 6.07) is 0.825. The van der Waals surface area contributed by atoms with Crippen LogP contribution in [0.1, 0.15) is 46.0 Å². The molecule has 0 bridgehead atoms. The normalized spacial score (nSPS) is 23.4. The second kappa shape index (κ2) is 5.31. The molecule has 0 aromatic carbocycles. The molecule has 15 heavy (non-hydrogen) atoms. The Bertz CT molecular complexity index is 175. The van der Waals surface area contributed by atoms with Gasteiger partial charge in [0.1, 0.15) is 0 Å². The highest BCUT2D eigenvalue weighted by atomic mass is 16.5. The minimum atomic E-state index is 0.423. The molecule has 2 rings (SSSR count). The van der Waals surface area contributed by atoms with Gasteiger partial charge < -0.3 is 10.1 Å². The summed E-state index contributed by atoms with van der Waals surface area (Å²) in [6.07, 6.45) is 7.38. The maximum atomic E-state index is 5.68. The molecule has 2 aliphatic carbocycles. The molecule has 1 N–H and O–H groups in total. The van der Waals surface area contributed by atoms with E-state index in [2.05, 4.69) is 19.2 Å². The van der Waals surface area contributed by atoms with Gasteiger partial charge >= 0.3 is 0 Å². The van der Waals surface area contributed by atoms with E-state index in [1.165, 1.54) is 25.7 Å². The van der Waals surface area contributed by atoms with Crippen molar-refractivity contribution >= 4 is 0 Å². The van der Waals surface area contributed by atoms with Crippen molar-refractivity contribution < 1.29 is 4.74 Å². The van der Waals surface area contributed by atoms with Gasteiger partial charge in [0, 0.05) is 12.6 Å². The smallest absolute Gasteiger partial charge is 0.0594 e. The Morgan fingerprint density at radius 3 is 2.27 bits per heavy atom. The van der Waals surface area contributed by atoms with Crippen molar-refractivity contribution in [1.29, 1.82) is 0 Å². The van der Waals surface area contributed by atoms with Gasteiger partial charge in [0.2, 0.25) is 0 Å². The van der Waals surface area contributed by atoms with Crippen LogP contribution in [0.4, 0.5) is 0 Å². The van der Waals surface area contributed by atoms with Crippen LogP contribution >= 0.6 is 0 Å². The minimum Gasteiger partial charge on any atom is -0.377 e. The van der Waals surface area contributed by atoms with Crippen LogP contribution in [0.2, 0.25) is 0 Å². The average Bonchev–Trinajstić information content (AvgIpc) is 3.09. The molecule has 0 amide bonds. The fourth-order valence-corrected chi connectivity index (χ4v) is 2.23. The lowest BCUT2D eigenvalue weighted by Crippen LogP contribution is -2.35. The zero-order chi connectivity index (χ0) is 10.7. The van der Waals surface area contributed by atoms with Gasteiger partial charge in [-0.05, 0) is 50.9 Å². The molecule has 0 aliphatic heterocycles. The maximum absolute atomic E-state index is 5.68. The van der Waals surface area contributed by atoms with E-state index in [1.54, 1.807) is 0 Å². The first-order valence-corrected chi connectivity index (χ1v) is 6.66. The zero-order valence-electron chi connectivity index (χ0n) is 10.2. The van der Waals surface area contributed by atoms with Crippen molar-refractivity contribution in [2.45, 2.75) is 58.1 Å². The zero-order valence-corrected chi connectivity index (χ0v) is 10.2. The van der Waals surface area contributed by atoms with Crippen LogP contribution in [-0.2, 0) is 4.74 Å². The fraction of sp³-hybridized carbons (Fsp3) is 1.00. The van der Waals surface area contributed by atoms with Crippen molar-refractivity contribution in [1.82, 2.24) is 5.32 Å². The molecular formula is C13H25NO. The van der Waals surface area contributed by atoms with Gasteiger partial charge in [-0.2, -0.15) is 0 Å². The number of hydrogen-bond acceptors (Lipinski definition) is 2. The van der Waals surface area contributed by atoms with Gasteiger partial charge in [-0.3, -0.25) is 0 Å². The van der Waals surface area contributed by atoms with Gasteiger partial charge in [-0.15, -0.1) is 0 Å². The molecule has 0 aromatic rings. The Morgan fingerprint density at radius 2 is 1.80 bits per heavy atom. The quantitative estimate of drug-likeness (QED) is 0.623. The number of nitrogens with one attached hydrogen (secondary N) is 1. The minimum absolute atomic E-state index is 0.423. The highest BCUT2D eigenvalue weighted by molar-refractivity contribution is 4.96. The van der Waals surface area contributed by atoms with Crippen molar-refractivity contribution in [2.24, 2.45) is 11.8 Å². The highest BCUT2D eigenvalue weighted by Crippen LogP contribution is 2.44. The van der Waals surface area contributed by atoms with Crippen LogP contribution in [0.3, 0.4) is 0 Å². The van der Waals surface area contributed by atoms with Crippen molar-refractivity contribution in [3.63, 3.8) is 0 Å². The summed E-state index contributed by atoms with van der Waals surface area (Å²) >= 11 is 0. The van der Waals surface area contributed by atoms with Gasteiger partial charge in [-0.1, -0.05) is 6.92 Å². The molecule has 0 saturated heterocycles. The topological polar surface area (TPSA) is 21.3 Å². The molecule has 0 spiro atoms. The van der Waals surface area contributed by atoms with Crippen molar-refractivity contribution in [3.8, 4) is 0 Å². The van der Waals surface area contributed by atoms with E-state index in [0.717, 1.165) is 37.5 Å². The van der Waals surface area contributed by atoms with Gasteiger partial charge in [0.05, 0.1) is 12.7 Å². The molecule has 2 aliphatic rings. The molecule has 1 atom stereocenters. The molecule has 0 aromatic heterocycles. The summed E-state index contributed by atoms with van der Waals surface area (Å²) in [5, 5.41) is 3.70. The Morgan fingerprint density at radius 1 is 1.20 bits per heavy atom. The second-order valence-corrected chi connectivity index (χ2v) is 5.24. The first-order valence-electron chi connectivity index (χ1n) is 6.66. The van der Waals surface area contributed by atoms with Gasteiger partial charge in [0.25, 0.3) is 0 Å². The van der Waals surface area contributed by atoms with Crippen LogP contribution in [0.15, 0.2) is 0 Å². The Balaban J connectivity index is 1.55. The first kappa shape index (κ1) is 11.4. The predicted molar refractivity (Wildman–Crippen MR) is 62.9 cm³/mol. The SMILES string of the molecule is CCC(C)OCCNC(C1CC1)C1CC1. The Kier molecular flexibility index (Phi) is 4.04. The molecule has 2 nitrogen and oxygen atoms in total. The molecule has 2 fully saturated rings. The van der Waals surface area contributed by atoms with E-state index in [4.69, 9.17) is 4.74 Å². The van der Waals surface area contributed by atoms with Crippen molar-refractivity contribution in [2.75, 3.05) is 13.2 Å². The van der Waals surface area contributed by atoms with E-state index < -0.39 is 0 Å². The van der Waals surface area contributed by atoms with Gasteiger partial charge in [0.15, 0.2) is 0 Å². The van der Waals surface area contributed by atoms with Crippen LogP contribution in [-0.4, -0.2) is 25.3 Å². The molecule has 1 unspecified atom stereocenters. The third-order valence-electron chi connectivity index (χ3n) is 3.72. The van der Waals surface area contributed by atoms with E-state index in [1.807, 2.05) is 0 Å². The molecule has 2 saturated carbocycles. The van der Waals surface area contributed by atoms with Gasteiger partial charge in [-0.25, -0.2) is 0 Å². The Hall–Kier alpha value is -0.0800. The average molecular weight is 211 g/mol. The Labute approximate surface area is 93.8 Å². The molecule has 88 valence electrons. The number of rotatable bonds is 8. The van der Waals surface area contributed by atoms with E-state index in [9.17, 15) is 0 Å². The highest BCUT2D eigenvalue weighted by Gasteiger charge is 2.40. The summed E-state index contributed by atoms with van der Waals surface area (Å²) in [5.74, 6) is 2.00. The van der Waals surface area contributed by atoms with Crippen LogP contribution in [0.25, 0.3) is 0 Å². The summed E-state index contributed by atoms with van der Waals surface area (Å²) < 4.78 is 5.68. The first-order chi connectivity index (χ1) is 7.31. The van der Waals surface area contributed by atoms with Crippen LogP contribution in [0.5, 0.6) is 0 Å². The fourth-order valence-electron chi connectivity index (χ4n) is 2.23.